The van der Waals surface area contributed by atoms with Gasteiger partial charge in [-0.25, -0.2) is 0 Å². The maximum Gasteiger partial charge on any atom is 0.242 e. The van der Waals surface area contributed by atoms with E-state index in [-0.39, 0.29) is 18.4 Å². The molecule has 0 saturated heterocycles. The first-order chi connectivity index (χ1) is 6.85. The fraction of sp³-hybridized carbons (Fsp3) is 0.800. The van der Waals surface area contributed by atoms with Crippen LogP contribution in [-0.4, -0.2) is 42.4 Å². The molecule has 3 N–H and O–H groups in total. The highest BCUT2D eigenvalue weighted by molar-refractivity contribution is 5.89. The topological polar surface area (TPSA) is 75.4 Å². The summed E-state index contributed by atoms with van der Waals surface area (Å²) in [4.78, 5) is 24.3. The van der Waals surface area contributed by atoms with Gasteiger partial charge in [0.2, 0.25) is 11.8 Å². The molecule has 0 saturated carbocycles. The Balaban J connectivity index is 4.28. The largest absolute Gasteiger partial charge is 0.355 e. The van der Waals surface area contributed by atoms with Crippen molar-refractivity contribution in [2.75, 3.05) is 20.1 Å². The molecule has 0 radical (unpaired) electrons. The van der Waals surface area contributed by atoms with Gasteiger partial charge in [0, 0.05) is 13.6 Å². The molecule has 0 fully saturated rings. The summed E-state index contributed by atoms with van der Waals surface area (Å²) in [6.45, 7) is 5.97. The van der Waals surface area contributed by atoms with Crippen molar-refractivity contribution < 1.29 is 9.59 Å². The van der Waals surface area contributed by atoms with Crippen molar-refractivity contribution in [2.45, 2.75) is 32.7 Å². The minimum atomic E-state index is -0.888. The smallest absolute Gasteiger partial charge is 0.242 e. The van der Waals surface area contributed by atoms with Crippen molar-refractivity contribution in [3.05, 3.63) is 0 Å². The average Bonchev–Trinajstić information content (AvgIpc) is 2.16. The molecule has 0 aromatic carbocycles. The highest BCUT2D eigenvalue weighted by atomic mass is 16.2. The molecule has 5 nitrogen and oxygen atoms in total. The number of carbonyl (C=O) groups is 2. The monoisotopic (exact) mass is 215 g/mol. The van der Waals surface area contributed by atoms with Crippen LogP contribution in [0.1, 0.15) is 27.2 Å². The third-order valence-corrected chi connectivity index (χ3v) is 2.32. The van der Waals surface area contributed by atoms with Crippen molar-refractivity contribution in [2.24, 2.45) is 5.73 Å². The highest BCUT2D eigenvalue weighted by Gasteiger charge is 2.29. The Labute approximate surface area is 91.0 Å². The van der Waals surface area contributed by atoms with Gasteiger partial charge in [0.05, 0.1) is 12.1 Å². The van der Waals surface area contributed by atoms with E-state index in [0.717, 1.165) is 0 Å². The predicted octanol–water partition coefficient (Wildman–Crippen LogP) is -0.292. The molecule has 0 bridgehead atoms. The fourth-order valence-electron chi connectivity index (χ4n) is 1.13. The molecule has 0 spiro atoms. The molecular weight excluding hydrogens is 194 g/mol. The van der Waals surface area contributed by atoms with E-state index in [1.807, 2.05) is 13.8 Å². The van der Waals surface area contributed by atoms with E-state index in [2.05, 4.69) is 5.32 Å². The number of nitrogens with one attached hydrogen (secondary N) is 1. The van der Waals surface area contributed by atoms with Gasteiger partial charge in [-0.2, -0.15) is 0 Å². The number of hydrogen-bond donors (Lipinski definition) is 2. The van der Waals surface area contributed by atoms with Gasteiger partial charge < -0.3 is 16.0 Å². The zero-order valence-corrected chi connectivity index (χ0v) is 9.96. The predicted molar refractivity (Wildman–Crippen MR) is 59.2 cm³/mol. The number of carbonyl (C=O) groups excluding carboxylic acids is 2. The van der Waals surface area contributed by atoms with Crippen LogP contribution in [0.5, 0.6) is 0 Å². The standard InChI is InChI=1S/C10H21N3O2/c1-5-10(3,11)9(15)13(4)7-8(14)12-6-2/h5-7,11H2,1-4H3,(H,12,14). The molecule has 0 aliphatic heterocycles. The molecule has 0 aromatic heterocycles. The van der Waals surface area contributed by atoms with E-state index in [9.17, 15) is 9.59 Å². The lowest BCUT2D eigenvalue weighted by Gasteiger charge is -2.27. The number of nitrogens with two attached hydrogens (primary N) is 1. The summed E-state index contributed by atoms with van der Waals surface area (Å²) < 4.78 is 0. The summed E-state index contributed by atoms with van der Waals surface area (Å²) in [5, 5.41) is 2.63. The molecule has 0 rings (SSSR count). The molecule has 1 unspecified atom stereocenters. The van der Waals surface area contributed by atoms with Crippen molar-refractivity contribution in [3.63, 3.8) is 0 Å². The van der Waals surface area contributed by atoms with Crippen LogP contribution < -0.4 is 11.1 Å². The lowest BCUT2D eigenvalue weighted by molar-refractivity contribution is -0.138. The van der Waals surface area contributed by atoms with E-state index in [1.165, 1.54) is 4.90 Å². The van der Waals surface area contributed by atoms with E-state index >= 15 is 0 Å². The second kappa shape index (κ2) is 5.70. The van der Waals surface area contributed by atoms with Crippen LogP contribution in [0.25, 0.3) is 0 Å². The third-order valence-electron chi connectivity index (χ3n) is 2.32. The van der Waals surface area contributed by atoms with Crippen LogP contribution in [0.3, 0.4) is 0 Å². The van der Waals surface area contributed by atoms with Gasteiger partial charge in [-0.3, -0.25) is 9.59 Å². The zero-order valence-electron chi connectivity index (χ0n) is 9.96. The van der Waals surface area contributed by atoms with Crippen molar-refractivity contribution >= 4 is 11.8 Å². The summed E-state index contributed by atoms with van der Waals surface area (Å²) in [5.41, 5.74) is 4.90. The van der Waals surface area contributed by atoms with Gasteiger partial charge in [-0.1, -0.05) is 6.92 Å². The van der Waals surface area contributed by atoms with Gasteiger partial charge in [-0.15, -0.1) is 0 Å². The highest BCUT2D eigenvalue weighted by Crippen LogP contribution is 2.08. The minimum Gasteiger partial charge on any atom is -0.355 e. The lowest BCUT2D eigenvalue weighted by Crippen LogP contribution is -2.53. The maximum absolute atomic E-state index is 11.8. The second-order valence-corrected chi connectivity index (χ2v) is 3.89. The number of hydrogen-bond acceptors (Lipinski definition) is 3. The van der Waals surface area contributed by atoms with E-state index < -0.39 is 5.54 Å². The molecular formula is C10H21N3O2. The Morgan fingerprint density at radius 1 is 1.40 bits per heavy atom. The molecule has 0 aliphatic rings. The van der Waals surface area contributed by atoms with E-state index in [1.54, 1.807) is 14.0 Å². The quantitative estimate of drug-likeness (QED) is 0.661. The van der Waals surface area contributed by atoms with Crippen LogP contribution >= 0.6 is 0 Å². The van der Waals surface area contributed by atoms with Crippen molar-refractivity contribution in [1.82, 2.24) is 10.2 Å². The van der Waals surface area contributed by atoms with Gasteiger partial charge in [0.1, 0.15) is 0 Å². The Morgan fingerprint density at radius 2 is 1.93 bits per heavy atom. The fourth-order valence-corrected chi connectivity index (χ4v) is 1.13. The molecule has 0 heterocycles. The number of likely N-dealkylation sites (N-methyl/N-ethyl adjacent to an activating group) is 2. The normalized spacial score (nSPS) is 14.2. The Hall–Kier alpha value is -1.10. The summed E-state index contributed by atoms with van der Waals surface area (Å²) >= 11 is 0. The molecule has 15 heavy (non-hydrogen) atoms. The van der Waals surface area contributed by atoms with E-state index in [0.29, 0.717) is 13.0 Å². The Bertz CT molecular complexity index is 239. The van der Waals surface area contributed by atoms with Crippen LogP contribution in [0.15, 0.2) is 0 Å². The SMILES string of the molecule is CCNC(=O)CN(C)C(=O)C(C)(N)CC. The number of nitrogens with zero attached hydrogens (tertiary/aromatic N) is 1. The van der Waals surface area contributed by atoms with Crippen LogP contribution in [0.2, 0.25) is 0 Å². The number of amides is 2. The van der Waals surface area contributed by atoms with Gasteiger partial charge in [0.15, 0.2) is 0 Å². The minimum absolute atomic E-state index is 0.0550. The molecule has 0 aliphatic carbocycles. The first-order valence-corrected chi connectivity index (χ1v) is 5.16. The lowest BCUT2D eigenvalue weighted by atomic mass is 9.99. The summed E-state index contributed by atoms with van der Waals surface area (Å²) in [6.07, 6.45) is 0.547. The molecule has 88 valence electrons. The van der Waals surface area contributed by atoms with E-state index in [4.69, 9.17) is 5.73 Å². The van der Waals surface area contributed by atoms with Crippen molar-refractivity contribution in [3.8, 4) is 0 Å². The molecule has 2 amide bonds. The van der Waals surface area contributed by atoms with Gasteiger partial charge in [-0.05, 0) is 20.3 Å². The van der Waals surface area contributed by atoms with Gasteiger partial charge >= 0.3 is 0 Å². The Morgan fingerprint density at radius 3 is 2.33 bits per heavy atom. The average molecular weight is 215 g/mol. The molecule has 5 heteroatoms. The summed E-state index contributed by atoms with van der Waals surface area (Å²) in [6, 6.07) is 0. The van der Waals surface area contributed by atoms with Crippen LogP contribution in [0.4, 0.5) is 0 Å². The molecule has 1 atom stereocenters. The third kappa shape index (κ3) is 4.29. The van der Waals surface area contributed by atoms with Crippen LogP contribution in [0, 0.1) is 0 Å². The van der Waals surface area contributed by atoms with Crippen LogP contribution in [-0.2, 0) is 9.59 Å². The number of rotatable bonds is 5. The zero-order chi connectivity index (χ0) is 12.1. The molecule has 0 aromatic rings. The maximum atomic E-state index is 11.8. The second-order valence-electron chi connectivity index (χ2n) is 3.89. The summed E-state index contributed by atoms with van der Waals surface area (Å²) in [5.74, 6) is -0.378. The van der Waals surface area contributed by atoms with Crippen molar-refractivity contribution in [1.29, 1.82) is 0 Å². The Kier molecular flexibility index (Phi) is 5.28. The first-order valence-electron chi connectivity index (χ1n) is 5.16. The first kappa shape index (κ1) is 13.9. The van der Waals surface area contributed by atoms with Gasteiger partial charge in [0.25, 0.3) is 0 Å². The summed E-state index contributed by atoms with van der Waals surface area (Å²) in [7, 11) is 1.58.